The number of β-lactam (4-membered cyclic amide) rings is 1. The highest BCUT2D eigenvalue weighted by atomic mass is 16.5. The van der Waals surface area contributed by atoms with E-state index >= 15 is 0 Å². The molecule has 134 valence electrons. The van der Waals surface area contributed by atoms with E-state index in [0.29, 0.717) is 17.0 Å². The second-order valence-electron chi connectivity index (χ2n) is 6.47. The number of hydrogen-bond donors (Lipinski definition) is 0. The van der Waals surface area contributed by atoms with E-state index in [1.165, 1.54) is 0 Å². The third-order valence-corrected chi connectivity index (χ3v) is 4.93. The smallest absolute Gasteiger partial charge is 0.237 e. The molecular weight excluding hydrogens is 338 g/mol. The number of carbonyl (C=O) groups is 2. The van der Waals surface area contributed by atoms with Crippen molar-refractivity contribution in [1.29, 1.82) is 0 Å². The SMILES string of the molecule is COc1ccc(N2C(=O)[C@@H](c3ccccc3)[C@H]2C(=O)c2ccccc2)cc1. The highest BCUT2D eigenvalue weighted by Gasteiger charge is 2.52. The van der Waals surface area contributed by atoms with Crippen molar-refractivity contribution in [3.8, 4) is 5.75 Å². The fourth-order valence-electron chi connectivity index (χ4n) is 3.55. The van der Waals surface area contributed by atoms with Crippen LogP contribution >= 0.6 is 0 Å². The van der Waals surface area contributed by atoms with E-state index in [9.17, 15) is 9.59 Å². The maximum Gasteiger partial charge on any atom is 0.237 e. The van der Waals surface area contributed by atoms with E-state index < -0.39 is 12.0 Å². The molecule has 4 rings (SSSR count). The Morgan fingerprint density at radius 1 is 0.852 bits per heavy atom. The van der Waals surface area contributed by atoms with Gasteiger partial charge in [-0.05, 0) is 29.8 Å². The van der Waals surface area contributed by atoms with E-state index in [2.05, 4.69) is 0 Å². The van der Waals surface area contributed by atoms with Gasteiger partial charge in [0.1, 0.15) is 11.8 Å². The zero-order valence-corrected chi connectivity index (χ0v) is 14.9. The standard InChI is InChI=1S/C23H19NO3/c1-27-19-14-12-18(13-15-19)24-21(22(25)17-10-6-3-7-11-17)20(23(24)26)16-8-4-2-5-9-16/h2-15,20-21H,1H3/t20-,21-/m0/s1. The minimum atomic E-state index is -0.560. The molecule has 1 fully saturated rings. The van der Waals surface area contributed by atoms with Crippen molar-refractivity contribution in [2.75, 3.05) is 12.0 Å². The molecule has 2 atom stereocenters. The maximum atomic E-state index is 13.2. The van der Waals surface area contributed by atoms with Gasteiger partial charge in [0.2, 0.25) is 5.91 Å². The first-order valence-electron chi connectivity index (χ1n) is 8.82. The van der Waals surface area contributed by atoms with Crippen LogP contribution < -0.4 is 9.64 Å². The number of amides is 1. The lowest BCUT2D eigenvalue weighted by molar-refractivity contribution is -0.125. The molecule has 0 aromatic heterocycles. The van der Waals surface area contributed by atoms with Gasteiger partial charge in [-0.1, -0.05) is 60.7 Å². The van der Waals surface area contributed by atoms with Crippen LogP contribution in [-0.2, 0) is 4.79 Å². The first-order chi connectivity index (χ1) is 13.2. The highest BCUT2D eigenvalue weighted by molar-refractivity contribution is 6.19. The van der Waals surface area contributed by atoms with Crippen LogP contribution in [0.4, 0.5) is 5.69 Å². The molecule has 3 aromatic rings. The summed E-state index contributed by atoms with van der Waals surface area (Å²) in [6, 6.07) is 25.3. The molecule has 4 heteroatoms. The average molecular weight is 357 g/mol. The molecule has 1 heterocycles. The zero-order chi connectivity index (χ0) is 18.8. The molecule has 0 saturated carbocycles. The minimum absolute atomic E-state index is 0.0557. The van der Waals surface area contributed by atoms with Gasteiger partial charge in [-0.15, -0.1) is 0 Å². The molecule has 0 N–H and O–H groups in total. The molecular formula is C23H19NO3. The average Bonchev–Trinajstić information content (AvgIpc) is 2.73. The third kappa shape index (κ3) is 2.99. The van der Waals surface area contributed by atoms with Gasteiger partial charge >= 0.3 is 0 Å². The summed E-state index contributed by atoms with van der Waals surface area (Å²) >= 11 is 0. The molecule has 1 aliphatic rings. The Hall–Kier alpha value is -3.40. The van der Waals surface area contributed by atoms with Crippen LogP contribution in [0.15, 0.2) is 84.9 Å². The number of nitrogens with zero attached hydrogens (tertiary/aromatic N) is 1. The minimum Gasteiger partial charge on any atom is -0.497 e. The number of hydrogen-bond acceptors (Lipinski definition) is 3. The van der Waals surface area contributed by atoms with Crippen LogP contribution in [-0.4, -0.2) is 24.8 Å². The van der Waals surface area contributed by atoms with Gasteiger partial charge in [0.25, 0.3) is 0 Å². The van der Waals surface area contributed by atoms with E-state index in [0.717, 1.165) is 5.56 Å². The fourth-order valence-corrected chi connectivity index (χ4v) is 3.55. The van der Waals surface area contributed by atoms with Gasteiger partial charge in [0.05, 0.1) is 13.0 Å². The second-order valence-corrected chi connectivity index (χ2v) is 6.47. The first kappa shape index (κ1) is 17.0. The summed E-state index contributed by atoms with van der Waals surface area (Å²) in [5.41, 5.74) is 2.17. The summed E-state index contributed by atoms with van der Waals surface area (Å²) in [6.07, 6.45) is 0. The predicted octanol–water partition coefficient (Wildman–Crippen LogP) is 4.08. The van der Waals surface area contributed by atoms with Crippen LogP contribution in [0.5, 0.6) is 5.75 Å². The van der Waals surface area contributed by atoms with Crippen LogP contribution in [0.3, 0.4) is 0 Å². The van der Waals surface area contributed by atoms with Gasteiger partial charge in [0, 0.05) is 11.3 Å². The predicted molar refractivity (Wildman–Crippen MR) is 104 cm³/mol. The van der Waals surface area contributed by atoms with Crippen molar-refractivity contribution >= 4 is 17.4 Å². The van der Waals surface area contributed by atoms with Crippen LogP contribution in [0.2, 0.25) is 0 Å². The second kappa shape index (κ2) is 7.08. The Morgan fingerprint density at radius 2 is 1.44 bits per heavy atom. The number of ketones is 1. The summed E-state index contributed by atoms with van der Waals surface area (Å²) in [5, 5.41) is 0. The van der Waals surface area contributed by atoms with E-state index in [1.54, 1.807) is 36.3 Å². The quantitative estimate of drug-likeness (QED) is 0.511. The molecule has 0 unspecified atom stereocenters. The lowest BCUT2D eigenvalue weighted by Crippen LogP contribution is -2.63. The highest BCUT2D eigenvalue weighted by Crippen LogP contribution is 2.41. The van der Waals surface area contributed by atoms with Crippen molar-refractivity contribution < 1.29 is 14.3 Å². The Balaban J connectivity index is 1.73. The topological polar surface area (TPSA) is 46.6 Å². The van der Waals surface area contributed by atoms with Crippen LogP contribution in [0, 0.1) is 0 Å². The lowest BCUT2D eigenvalue weighted by Gasteiger charge is -2.46. The van der Waals surface area contributed by atoms with E-state index in [4.69, 9.17) is 4.74 Å². The van der Waals surface area contributed by atoms with Gasteiger partial charge < -0.3 is 4.74 Å². The largest absolute Gasteiger partial charge is 0.497 e. The summed E-state index contributed by atoms with van der Waals surface area (Å²) in [7, 11) is 1.59. The zero-order valence-electron chi connectivity index (χ0n) is 14.9. The molecule has 27 heavy (non-hydrogen) atoms. The molecule has 1 aliphatic heterocycles. The Kier molecular flexibility index (Phi) is 4.47. The Labute approximate surface area is 158 Å². The summed E-state index contributed by atoms with van der Waals surface area (Å²) in [5.74, 6) is 0.110. The van der Waals surface area contributed by atoms with Gasteiger partial charge in [-0.2, -0.15) is 0 Å². The van der Waals surface area contributed by atoms with Gasteiger partial charge in [-0.3, -0.25) is 14.5 Å². The van der Waals surface area contributed by atoms with Gasteiger partial charge in [0.15, 0.2) is 5.78 Å². The summed E-state index contributed by atoms with van der Waals surface area (Å²) in [6.45, 7) is 0. The molecule has 0 aliphatic carbocycles. The van der Waals surface area contributed by atoms with Gasteiger partial charge in [-0.25, -0.2) is 0 Å². The molecule has 4 nitrogen and oxygen atoms in total. The third-order valence-electron chi connectivity index (χ3n) is 4.93. The van der Waals surface area contributed by atoms with E-state index in [-0.39, 0.29) is 11.7 Å². The molecule has 1 saturated heterocycles. The van der Waals surface area contributed by atoms with Crippen molar-refractivity contribution in [2.45, 2.75) is 12.0 Å². The number of anilines is 1. The van der Waals surface area contributed by atoms with Crippen molar-refractivity contribution in [3.05, 3.63) is 96.1 Å². The molecule has 3 aromatic carbocycles. The number of methoxy groups -OCH3 is 1. The number of rotatable bonds is 5. The molecule has 0 radical (unpaired) electrons. The molecule has 0 spiro atoms. The molecule has 0 bridgehead atoms. The van der Waals surface area contributed by atoms with Crippen LogP contribution in [0.25, 0.3) is 0 Å². The number of carbonyl (C=O) groups excluding carboxylic acids is 2. The maximum absolute atomic E-state index is 13.2. The monoisotopic (exact) mass is 357 g/mol. The number of benzene rings is 3. The van der Waals surface area contributed by atoms with Crippen molar-refractivity contribution in [1.82, 2.24) is 0 Å². The van der Waals surface area contributed by atoms with Crippen molar-refractivity contribution in [2.24, 2.45) is 0 Å². The first-order valence-corrected chi connectivity index (χ1v) is 8.82. The summed E-state index contributed by atoms with van der Waals surface area (Å²) in [4.78, 5) is 27.8. The normalized spacial score (nSPS) is 18.7. The summed E-state index contributed by atoms with van der Waals surface area (Å²) < 4.78 is 5.19. The lowest BCUT2D eigenvalue weighted by atomic mass is 9.77. The van der Waals surface area contributed by atoms with E-state index in [1.807, 2.05) is 60.7 Å². The Morgan fingerprint density at radius 3 is 2.04 bits per heavy atom. The Bertz CT molecular complexity index is 952. The molecule has 1 amide bonds. The number of Topliss-reactive ketones (excluding diaryl/α,β-unsaturated/α-hetero) is 1. The number of ether oxygens (including phenoxy) is 1. The van der Waals surface area contributed by atoms with Crippen LogP contribution in [0.1, 0.15) is 21.8 Å². The fraction of sp³-hybridized carbons (Fsp3) is 0.130. The van der Waals surface area contributed by atoms with Crippen molar-refractivity contribution in [3.63, 3.8) is 0 Å².